The van der Waals surface area contributed by atoms with Gasteiger partial charge in [0.2, 0.25) is 0 Å². The van der Waals surface area contributed by atoms with Crippen LogP contribution in [-0.4, -0.2) is 10.2 Å². The van der Waals surface area contributed by atoms with Crippen molar-refractivity contribution in [3.63, 3.8) is 0 Å². The predicted molar refractivity (Wildman–Crippen MR) is 29.4 cm³/mol. The van der Waals surface area contributed by atoms with Crippen LogP contribution in [0.5, 0.6) is 0 Å². The second-order valence-corrected chi connectivity index (χ2v) is 2.73. The van der Waals surface area contributed by atoms with Crippen LogP contribution in [0, 0.1) is 13.8 Å². The molecule has 1 aromatic rings. The van der Waals surface area contributed by atoms with Gasteiger partial charge in [0.05, 0.1) is 0 Å². The summed E-state index contributed by atoms with van der Waals surface area (Å²) in [6.45, 7) is 3.90. The first-order valence-corrected chi connectivity index (χ1v) is 2.87. The molecule has 0 bridgehead atoms. The Morgan fingerprint density at radius 3 is 1.62 bits per heavy atom. The Morgan fingerprint density at radius 1 is 1.12 bits per heavy atom. The van der Waals surface area contributed by atoms with Crippen molar-refractivity contribution in [1.82, 2.24) is 10.2 Å². The molecule has 41 valence electrons. The third kappa shape index (κ3) is 2.29. The minimum absolute atomic E-state index is 0. The Morgan fingerprint density at radius 2 is 1.50 bits per heavy atom. The maximum absolute atomic E-state index is 3.78. The van der Waals surface area contributed by atoms with E-state index in [1.807, 2.05) is 13.8 Å². The van der Waals surface area contributed by atoms with Gasteiger partial charge in [0.15, 0.2) is 0 Å². The maximum atomic E-state index is 3.78. The molecular formula is C4H6N2SY. The van der Waals surface area contributed by atoms with Gasteiger partial charge in [0.25, 0.3) is 0 Å². The van der Waals surface area contributed by atoms with Crippen LogP contribution in [0.3, 0.4) is 0 Å². The van der Waals surface area contributed by atoms with Crippen molar-refractivity contribution in [2.24, 2.45) is 0 Å². The zero-order valence-corrected chi connectivity index (χ0v) is 8.53. The fraction of sp³-hybridized carbons (Fsp3) is 0.500. The molecule has 2 nitrogen and oxygen atoms in total. The van der Waals surface area contributed by atoms with E-state index in [4.69, 9.17) is 0 Å². The molecule has 4 heteroatoms. The topological polar surface area (TPSA) is 25.8 Å². The van der Waals surface area contributed by atoms with Crippen LogP contribution in [0.1, 0.15) is 10.0 Å². The Labute approximate surface area is 77.6 Å². The van der Waals surface area contributed by atoms with Crippen molar-refractivity contribution in [3.8, 4) is 0 Å². The molecule has 0 N–H and O–H groups in total. The quantitative estimate of drug-likeness (QED) is 0.632. The SMILES string of the molecule is Cc1nnc(C)s1.[Y]. The predicted octanol–water partition coefficient (Wildman–Crippen LogP) is 1.15. The van der Waals surface area contributed by atoms with Gasteiger partial charge in [0.1, 0.15) is 10.0 Å². The molecule has 1 aromatic heterocycles. The van der Waals surface area contributed by atoms with Crippen LogP contribution in [0.4, 0.5) is 0 Å². The molecule has 0 saturated heterocycles. The smallest absolute Gasteiger partial charge is 0.114 e. The summed E-state index contributed by atoms with van der Waals surface area (Å²) in [6.07, 6.45) is 0. The molecule has 0 atom stereocenters. The maximum Gasteiger partial charge on any atom is 0.114 e. The summed E-state index contributed by atoms with van der Waals surface area (Å²) in [7, 11) is 0. The van der Waals surface area contributed by atoms with Gasteiger partial charge in [-0.15, -0.1) is 21.5 Å². The second-order valence-electron chi connectivity index (χ2n) is 1.34. The molecule has 0 fully saturated rings. The summed E-state index contributed by atoms with van der Waals surface area (Å²) in [5.41, 5.74) is 0. The number of rotatable bonds is 0. The first kappa shape index (κ1) is 8.66. The number of hydrogen-bond acceptors (Lipinski definition) is 3. The van der Waals surface area contributed by atoms with Gasteiger partial charge in [-0.2, -0.15) is 0 Å². The van der Waals surface area contributed by atoms with E-state index in [1.54, 1.807) is 11.3 Å². The summed E-state index contributed by atoms with van der Waals surface area (Å²) < 4.78 is 0. The molecule has 0 saturated carbocycles. The van der Waals surface area contributed by atoms with Gasteiger partial charge in [-0.05, 0) is 13.8 Å². The van der Waals surface area contributed by atoms with Crippen LogP contribution in [0.25, 0.3) is 0 Å². The van der Waals surface area contributed by atoms with Gasteiger partial charge in [0, 0.05) is 32.7 Å². The van der Waals surface area contributed by atoms with Crippen LogP contribution >= 0.6 is 11.3 Å². The van der Waals surface area contributed by atoms with Gasteiger partial charge in [-0.1, -0.05) is 0 Å². The molecule has 0 spiro atoms. The standard InChI is InChI=1S/C4H6N2S.Y/c1-3-5-6-4(2)7-3;/h1-2H3;. The molecular weight excluding hydrogens is 197 g/mol. The van der Waals surface area contributed by atoms with Crippen molar-refractivity contribution >= 4 is 11.3 Å². The van der Waals surface area contributed by atoms with Gasteiger partial charge < -0.3 is 0 Å². The third-order valence-corrected chi connectivity index (χ3v) is 1.38. The van der Waals surface area contributed by atoms with Gasteiger partial charge in [-0.25, -0.2) is 0 Å². The number of nitrogens with zero attached hydrogens (tertiary/aromatic N) is 2. The first-order valence-electron chi connectivity index (χ1n) is 2.06. The van der Waals surface area contributed by atoms with Crippen LogP contribution in [0.15, 0.2) is 0 Å². The number of hydrogen-bond donors (Lipinski definition) is 0. The largest absolute Gasteiger partial charge is 0.144 e. The first-order chi connectivity index (χ1) is 3.29. The van der Waals surface area contributed by atoms with Crippen LogP contribution in [0.2, 0.25) is 0 Å². The molecule has 0 aromatic carbocycles. The number of aromatic nitrogens is 2. The van der Waals surface area contributed by atoms with E-state index in [1.165, 1.54) is 0 Å². The van der Waals surface area contributed by atoms with Crippen LogP contribution < -0.4 is 0 Å². The Balaban J connectivity index is 0.000000490. The van der Waals surface area contributed by atoms with E-state index < -0.39 is 0 Å². The second kappa shape index (κ2) is 3.64. The number of aryl methyl sites for hydroxylation is 2. The Hall–Kier alpha value is 0.664. The molecule has 1 radical (unpaired) electrons. The van der Waals surface area contributed by atoms with E-state index in [9.17, 15) is 0 Å². The van der Waals surface area contributed by atoms with Crippen LogP contribution in [-0.2, 0) is 32.7 Å². The third-order valence-electron chi connectivity index (χ3n) is 0.627. The van der Waals surface area contributed by atoms with Crippen molar-refractivity contribution in [2.75, 3.05) is 0 Å². The molecule has 0 unspecified atom stereocenters. The molecule has 1 rings (SSSR count). The zero-order valence-electron chi connectivity index (χ0n) is 4.88. The van der Waals surface area contributed by atoms with Crippen molar-refractivity contribution < 1.29 is 32.7 Å². The average Bonchev–Trinajstić information content (AvgIpc) is 1.87. The molecule has 0 aliphatic rings. The normalized spacial score (nSPS) is 8.25. The molecule has 0 aliphatic heterocycles. The van der Waals surface area contributed by atoms with Crippen molar-refractivity contribution in [3.05, 3.63) is 10.0 Å². The molecule has 1 heterocycles. The molecule has 0 amide bonds. The summed E-state index contributed by atoms with van der Waals surface area (Å²) in [6, 6.07) is 0. The molecule has 8 heavy (non-hydrogen) atoms. The summed E-state index contributed by atoms with van der Waals surface area (Å²) in [5.74, 6) is 0. The molecule has 0 aliphatic carbocycles. The van der Waals surface area contributed by atoms with Gasteiger partial charge in [-0.3, -0.25) is 0 Å². The monoisotopic (exact) mass is 203 g/mol. The van der Waals surface area contributed by atoms with E-state index in [2.05, 4.69) is 10.2 Å². The van der Waals surface area contributed by atoms with Crippen molar-refractivity contribution in [2.45, 2.75) is 13.8 Å². The van der Waals surface area contributed by atoms with E-state index in [0.29, 0.717) is 0 Å². The minimum atomic E-state index is 0. The van der Waals surface area contributed by atoms with Gasteiger partial charge >= 0.3 is 0 Å². The summed E-state index contributed by atoms with van der Waals surface area (Å²) in [5, 5.41) is 9.65. The fourth-order valence-electron chi connectivity index (χ4n) is 0.395. The Kier molecular flexibility index (Phi) is 3.95. The minimum Gasteiger partial charge on any atom is -0.144 e. The van der Waals surface area contributed by atoms with E-state index in [0.717, 1.165) is 10.0 Å². The van der Waals surface area contributed by atoms with E-state index >= 15 is 0 Å². The fourth-order valence-corrected chi connectivity index (χ4v) is 0.986. The zero-order chi connectivity index (χ0) is 5.28. The summed E-state index contributed by atoms with van der Waals surface area (Å²) >= 11 is 1.62. The van der Waals surface area contributed by atoms with Crippen molar-refractivity contribution in [1.29, 1.82) is 0 Å². The Bertz CT molecular complexity index is 146. The summed E-state index contributed by atoms with van der Waals surface area (Å²) in [4.78, 5) is 0. The average molecular weight is 203 g/mol. The van der Waals surface area contributed by atoms with E-state index in [-0.39, 0.29) is 32.7 Å².